The Balaban J connectivity index is 2.66. The topological polar surface area (TPSA) is 38.7 Å². The molecule has 0 spiro atoms. The van der Waals surface area contributed by atoms with E-state index in [-0.39, 0.29) is 0 Å². The molecule has 0 unspecified atom stereocenters. The van der Waals surface area contributed by atoms with E-state index in [1.165, 1.54) is 0 Å². The van der Waals surface area contributed by atoms with Gasteiger partial charge in [-0.3, -0.25) is 0 Å². The molecule has 4 heteroatoms. The molecule has 0 bridgehead atoms. The first-order valence-electron chi connectivity index (χ1n) is 3.23. The zero-order chi connectivity index (χ0) is 8.81. The first kappa shape index (κ1) is 8.74. The number of oxime groups is 1. The number of halogens is 1. The van der Waals surface area contributed by atoms with Crippen LogP contribution in [0.5, 0.6) is 0 Å². The van der Waals surface area contributed by atoms with Crippen LogP contribution in [0.15, 0.2) is 35.5 Å². The molecule has 1 aromatic rings. The monoisotopic (exact) mass is 183 g/mol. The lowest BCUT2D eigenvalue weighted by Gasteiger charge is -1.94. The number of nitrogens with zero attached hydrogens (tertiary/aromatic N) is 1. The first-order chi connectivity index (χ1) is 5.84. The summed E-state index contributed by atoms with van der Waals surface area (Å²) in [4.78, 5) is 15.4. The predicted octanol–water partition coefficient (Wildman–Crippen LogP) is 2.03. The molecule has 0 saturated carbocycles. The number of benzene rings is 1. The van der Waals surface area contributed by atoms with E-state index in [1.54, 1.807) is 24.3 Å². The normalized spacial score (nSPS) is 10.1. The molecule has 12 heavy (non-hydrogen) atoms. The Morgan fingerprint density at radius 2 is 2.08 bits per heavy atom. The summed E-state index contributed by atoms with van der Waals surface area (Å²) in [5, 5.41) is 3.14. The SMILES string of the molecule is O=C(ON=CCl)c1ccccc1. The predicted molar refractivity (Wildman–Crippen MR) is 46.2 cm³/mol. The minimum atomic E-state index is -0.521. The van der Waals surface area contributed by atoms with E-state index in [9.17, 15) is 4.79 Å². The van der Waals surface area contributed by atoms with Gasteiger partial charge in [0.1, 0.15) is 5.67 Å². The standard InChI is InChI=1S/C8H6ClNO2/c9-6-10-12-8(11)7-4-2-1-3-5-7/h1-6H. The number of rotatable bonds is 2. The summed E-state index contributed by atoms with van der Waals surface area (Å²) in [5.74, 6) is -0.521. The van der Waals surface area contributed by atoms with E-state index in [4.69, 9.17) is 11.6 Å². The third-order valence-corrected chi connectivity index (χ3v) is 1.26. The number of hydrogen-bond acceptors (Lipinski definition) is 3. The summed E-state index contributed by atoms with van der Waals surface area (Å²) in [6, 6.07) is 8.54. The van der Waals surface area contributed by atoms with Crippen LogP contribution in [0.4, 0.5) is 0 Å². The van der Waals surface area contributed by atoms with Crippen molar-refractivity contribution in [1.29, 1.82) is 0 Å². The van der Waals surface area contributed by atoms with Gasteiger partial charge >= 0.3 is 5.97 Å². The second-order valence-electron chi connectivity index (χ2n) is 1.95. The average molecular weight is 184 g/mol. The Labute approximate surface area is 74.6 Å². The molecule has 0 aliphatic rings. The molecular formula is C8H6ClNO2. The molecule has 62 valence electrons. The molecule has 0 aliphatic heterocycles. The fraction of sp³-hybridized carbons (Fsp3) is 0. The van der Waals surface area contributed by atoms with Crippen LogP contribution in [0.2, 0.25) is 0 Å². The Morgan fingerprint density at radius 3 is 2.67 bits per heavy atom. The highest BCUT2D eigenvalue weighted by Gasteiger charge is 2.03. The Hall–Kier alpha value is -1.35. The van der Waals surface area contributed by atoms with Crippen LogP contribution in [0.1, 0.15) is 10.4 Å². The van der Waals surface area contributed by atoms with Gasteiger partial charge in [0.2, 0.25) is 0 Å². The zero-order valence-corrected chi connectivity index (χ0v) is 6.86. The van der Waals surface area contributed by atoms with E-state index in [1.807, 2.05) is 6.07 Å². The van der Waals surface area contributed by atoms with Crippen LogP contribution >= 0.6 is 11.6 Å². The lowest BCUT2D eigenvalue weighted by molar-refractivity contribution is 0.0520. The molecule has 0 fully saturated rings. The van der Waals surface area contributed by atoms with Crippen molar-refractivity contribution in [2.24, 2.45) is 5.16 Å². The molecule has 0 N–H and O–H groups in total. The first-order valence-corrected chi connectivity index (χ1v) is 3.66. The smallest absolute Gasteiger partial charge is 0.312 e. The third-order valence-electron chi connectivity index (χ3n) is 1.18. The van der Waals surface area contributed by atoms with Gasteiger partial charge in [-0.15, -0.1) is 0 Å². The van der Waals surface area contributed by atoms with Crippen LogP contribution in [0.3, 0.4) is 0 Å². The van der Waals surface area contributed by atoms with Crippen LogP contribution in [-0.4, -0.2) is 11.6 Å². The van der Waals surface area contributed by atoms with Crippen molar-refractivity contribution in [3.05, 3.63) is 35.9 Å². The van der Waals surface area contributed by atoms with Crippen molar-refractivity contribution in [1.82, 2.24) is 0 Å². The maximum atomic E-state index is 11.0. The summed E-state index contributed by atoms with van der Waals surface area (Å²) < 4.78 is 0. The molecule has 0 aromatic heterocycles. The van der Waals surface area contributed by atoms with Gasteiger partial charge in [-0.05, 0) is 12.1 Å². The van der Waals surface area contributed by atoms with Gasteiger partial charge in [0.25, 0.3) is 0 Å². The summed E-state index contributed by atoms with van der Waals surface area (Å²) >= 11 is 5.06. The summed E-state index contributed by atoms with van der Waals surface area (Å²) in [5.41, 5.74) is 1.33. The maximum Gasteiger partial charge on any atom is 0.365 e. The third kappa shape index (κ3) is 2.36. The van der Waals surface area contributed by atoms with E-state index < -0.39 is 5.97 Å². The maximum absolute atomic E-state index is 11.0. The highest BCUT2D eigenvalue weighted by Crippen LogP contribution is 2.00. The largest absolute Gasteiger partial charge is 0.365 e. The minimum Gasteiger partial charge on any atom is -0.312 e. The second kappa shape index (κ2) is 4.51. The van der Waals surface area contributed by atoms with Gasteiger partial charge in [0.15, 0.2) is 0 Å². The second-order valence-corrected chi connectivity index (χ2v) is 2.14. The van der Waals surface area contributed by atoms with Crippen molar-refractivity contribution < 1.29 is 9.63 Å². The molecule has 1 aromatic carbocycles. The van der Waals surface area contributed by atoms with Gasteiger partial charge in [-0.25, -0.2) is 4.79 Å². The van der Waals surface area contributed by atoms with E-state index in [2.05, 4.69) is 9.99 Å². The average Bonchev–Trinajstić information content (AvgIpc) is 2.15. The molecular weight excluding hydrogens is 178 g/mol. The van der Waals surface area contributed by atoms with Crippen LogP contribution in [0.25, 0.3) is 0 Å². The Kier molecular flexibility index (Phi) is 3.29. The van der Waals surface area contributed by atoms with Crippen molar-refractivity contribution in [2.75, 3.05) is 0 Å². The van der Waals surface area contributed by atoms with Crippen molar-refractivity contribution >= 4 is 23.2 Å². The summed E-state index contributed by atoms with van der Waals surface area (Å²) in [6.07, 6.45) is 0. The van der Waals surface area contributed by atoms with Crippen molar-refractivity contribution in [3.8, 4) is 0 Å². The van der Waals surface area contributed by atoms with Crippen molar-refractivity contribution in [2.45, 2.75) is 0 Å². The van der Waals surface area contributed by atoms with Gasteiger partial charge in [0.05, 0.1) is 5.56 Å². The molecule has 0 amide bonds. The number of carbonyl (C=O) groups is 1. The lowest BCUT2D eigenvalue weighted by Crippen LogP contribution is -1.99. The van der Waals surface area contributed by atoms with Crippen LogP contribution in [0, 0.1) is 0 Å². The molecule has 0 heterocycles. The van der Waals surface area contributed by atoms with E-state index in [0.717, 1.165) is 5.67 Å². The van der Waals surface area contributed by atoms with E-state index in [0.29, 0.717) is 5.56 Å². The van der Waals surface area contributed by atoms with Crippen molar-refractivity contribution in [3.63, 3.8) is 0 Å². The number of hydrogen-bond donors (Lipinski definition) is 0. The van der Waals surface area contributed by atoms with Gasteiger partial charge in [-0.1, -0.05) is 35.0 Å². The molecule has 3 nitrogen and oxygen atoms in total. The quantitative estimate of drug-likeness (QED) is 0.400. The molecule has 0 radical (unpaired) electrons. The van der Waals surface area contributed by atoms with Crippen LogP contribution in [-0.2, 0) is 4.84 Å². The highest BCUT2D eigenvalue weighted by atomic mass is 35.5. The fourth-order valence-electron chi connectivity index (χ4n) is 0.695. The van der Waals surface area contributed by atoms with Gasteiger partial charge < -0.3 is 4.84 Å². The van der Waals surface area contributed by atoms with E-state index >= 15 is 0 Å². The van der Waals surface area contributed by atoms with Gasteiger partial charge in [-0.2, -0.15) is 0 Å². The minimum absolute atomic E-state index is 0.444. The number of carbonyl (C=O) groups excluding carboxylic acids is 1. The molecule has 0 saturated heterocycles. The lowest BCUT2D eigenvalue weighted by atomic mass is 10.2. The Bertz CT molecular complexity index is 284. The zero-order valence-electron chi connectivity index (χ0n) is 6.11. The molecule has 0 atom stereocenters. The van der Waals surface area contributed by atoms with Gasteiger partial charge in [0, 0.05) is 0 Å². The Morgan fingerprint density at radius 1 is 1.42 bits per heavy atom. The molecule has 0 aliphatic carbocycles. The van der Waals surface area contributed by atoms with Crippen LogP contribution < -0.4 is 0 Å². The fourth-order valence-corrected chi connectivity index (χ4v) is 0.735. The summed E-state index contributed by atoms with van der Waals surface area (Å²) in [7, 11) is 0. The highest BCUT2D eigenvalue weighted by molar-refractivity contribution is 6.56. The molecule has 1 rings (SSSR count). The summed E-state index contributed by atoms with van der Waals surface area (Å²) in [6.45, 7) is 0.